The van der Waals surface area contributed by atoms with Gasteiger partial charge in [0.15, 0.2) is 0 Å². The number of ether oxygens (including phenoxy) is 1. The molecule has 1 atom stereocenters. The number of nitrogens with zero attached hydrogens (tertiary/aromatic N) is 1. The van der Waals surface area contributed by atoms with Crippen LogP contribution < -0.4 is 10.9 Å². The second-order valence-corrected chi connectivity index (χ2v) is 5.32. The topological polar surface area (TPSA) is 101 Å². The van der Waals surface area contributed by atoms with E-state index in [0.717, 1.165) is 0 Å². The Morgan fingerprint density at radius 3 is 2.48 bits per heavy atom. The summed E-state index contributed by atoms with van der Waals surface area (Å²) in [5, 5.41) is 8.62. The summed E-state index contributed by atoms with van der Waals surface area (Å²) in [4.78, 5) is 35.8. The number of carbonyl (C=O) groups is 2. The van der Waals surface area contributed by atoms with Gasteiger partial charge in [0.2, 0.25) is 0 Å². The molecule has 1 rings (SSSR count). The number of hydrogen-bond acceptors (Lipinski definition) is 5. The minimum atomic E-state index is -0.783. The molecule has 0 fully saturated rings. The quantitative estimate of drug-likeness (QED) is 0.779. The van der Waals surface area contributed by atoms with Crippen LogP contribution >= 0.6 is 0 Å². The third-order valence-corrected chi connectivity index (χ3v) is 3.20. The Labute approximate surface area is 123 Å². The predicted molar refractivity (Wildman–Crippen MR) is 77.1 cm³/mol. The Kier molecular flexibility index (Phi) is 5.63. The average molecular weight is 295 g/mol. The minimum Gasteiger partial charge on any atom is -0.467 e. The van der Waals surface area contributed by atoms with E-state index >= 15 is 0 Å². The number of carbonyl (C=O) groups excluding carboxylic acids is 2. The van der Waals surface area contributed by atoms with Gasteiger partial charge < -0.3 is 10.1 Å². The van der Waals surface area contributed by atoms with E-state index in [1.165, 1.54) is 7.11 Å². The number of nitrogens with one attached hydrogen (secondary N) is 2. The highest BCUT2D eigenvalue weighted by atomic mass is 16.5. The van der Waals surface area contributed by atoms with Crippen LogP contribution in [0.4, 0.5) is 0 Å². The Hall–Kier alpha value is -2.18. The first kappa shape index (κ1) is 16.9. The summed E-state index contributed by atoms with van der Waals surface area (Å²) in [7, 11) is 1.26. The molecule has 7 nitrogen and oxygen atoms in total. The molecule has 0 spiro atoms. The second kappa shape index (κ2) is 7.01. The molecule has 1 unspecified atom stereocenters. The number of aromatic nitrogens is 2. The Morgan fingerprint density at radius 1 is 1.33 bits per heavy atom. The van der Waals surface area contributed by atoms with Crippen molar-refractivity contribution in [3.05, 3.63) is 27.2 Å². The number of hydrogen-bond donors (Lipinski definition) is 2. The molecule has 1 aromatic rings. The van der Waals surface area contributed by atoms with Crippen molar-refractivity contribution >= 4 is 11.9 Å². The number of aromatic amines is 1. The molecule has 0 aliphatic rings. The van der Waals surface area contributed by atoms with Crippen LogP contribution in [-0.4, -0.2) is 35.2 Å². The largest absolute Gasteiger partial charge is 0.467 e. The van der Waals surface area contributed by atoms with E-state index in [1.54, 1.807) is 13.8 Å². The van der Waals surface area contributed by atoms with Gasteiger partial charge in [-0.1, -0.05) is 13.8 Å². The maximum atomic E-state index is 12.3. The van der Waals surface area contributed by atoms with Gasteiger partial charge >= 0.3 is 5.97 Å². The van der Waals surface area contributed by atoms with Crippen molar-refractivity contribution in [3.63, 3.8) is 0 Å². The van der Waals surface area contributed by atoms with E-state index in [9.17, 15) is 14.4 Å². The van der Waals surface area contributed by atoms with E-state index in [2.05, 4.69) is 20.3 Å². The number of esters is 1. The Bertz CT molecular complexity index is 592. The molecule has 0 bridgehead atoms. The number of H-pyrrole nitrogens is 1. The van der Waals surface area contributed by atoms with E-state index in [4.69, 9.17) is 0 Å². The standard InChI is InChI=1S/C14H21N3O4/c1-7(2)6-10(14(20)21-5)15-12(18)11-8(3)9(4)16-17-13(11)19/h7,10H,6H2,1-5H3,(H,15,18)(H,17,19). The zero-order chi connectivity index (χ0) is 16.2. The molecule has 7 heteroatoms. The van der Waals surface area contributed by atoms with Crippen molar-refractivity contribution in [1.82, 2.24) is 15.5 Å². The molecule has 1 amide bonds. The second-order valence-electron chi connectivity index (χ2n) is 5.32. The molecular weight excluding hydrogens is 274 g/mol. The number of methoxy groups -OCH3 is 1. The molecule has 1 heterocycles. The van der Waals surface area contributed by atoms with Crippen LogP contribution in [0.15, 0.2) is 4.79 Å². The number of amides is 1. The van der Waals surface area contributed by atoms with Crippen molar-refractivity contribution in [1.29, 1.82) is 0 Å². The number of aryl methyl sites for hydroxylation is 1. The summed E-state index contributed by atoms with van der Waals surface area (Å²) in [6.45, 7) is 7.18. The first-order valence-electron chi connectivity index (χ1n) is 6.72. The fourth-order valence-corrected chi connectivity index (χ4v) is 1.96. The third-order valence-electron chi connectivity index (χ3n) is 3.20. The fourth-order valence-electron chi connectivity index (χ4n) is 1.96. The maximum Gasteiger partial charge on any atom is 0.328 e. The molecule has 0 radical (unpaired) electrons. The van der Waals surface area contributed by atoms with Gasteiger partial charge in [-0.3, -0.25) is 9.59 Å². The molecule has 2 N–H and O–H groups in total. The van der Waals surface area contributed by atoms with Crippen LogP contribution in [-0.2, 0) is 9.53 Å². The van der Waals surface area contributed by atoms with E-state index < -0.39 is 23.5 Å². The maximum absolute atomic E-state index is 12.3. The molecule has 116 valence electrons. The fraction of sp³-hybridized carbons (Fsp3) is 0.571. The molecule has 21 heavy (non-hydrogen) atoms. The van der Waals surface area contributed by atoms with Crippen LogP contribution in [0.5, 0.6) is 0 Å². The third kappa shape index (κ3) is 4.14. The van der Waals surface area contributed by atoms with Crippen molar-refractivity contribution < 1.29 is 14.3 Å². The van der Waals surface area contributed by atoms with Crippen LogP contribution in [0.25, 0.3) is 0 Å². The van der Waals surface area contributed by atoms with Gasteiger partial charge in [-0.15, -0.1) is 0 Å². The minimum absolute atomic E-state index is 0.0276. The summed E-state index contributed by atoms with van der Waals surface area (Å²) in [5.74, 6) is -0.944. The van der Waals surface area contributed by atoms with Gasteiger partial charge in [0.1, 0.15) is 11.6 Å². The molecule has 0 aliphatic carbocycles. The summed E-state index contributed by atoms with van der Waals surface area (Å²) in [6.07, 6.45) is 0.430. The van der Waals surface area contributed by atoms with Crippen molar-refractivity contribution in [2.24, 2.45) is 5.92 Å². The summed E-state index contributed by atoms with van der Waals surface area (Å²) >= 11 is 0. The molecular formula is C14H21N3O4. The first-order valence-corrected chi connectivity index (χ1v) is 6.72. The lowest BCUT2D eigenvalue weighted by Crippen LogP contribution is -2.44. The van der Waals surface area contributed by atoms with Gasteiger partial charge in [0.25, 0.3) is 11.5 Å². The van der Waals surface area contributed by atoms with Gasteiger partial charge in [-0.25, -0.2) is 9.89 Å². The molecule has 0 saturated heterocycles. The normalized spacial score (nSPS) is 12.1. The zero-order valence-corrected chi connectivity index (χ0v) is 12.9. The smallest absolute Gasteiger partial charge is 0.328 e. The van der Waals surface area contributed by atoms with Crippen molar-refractivity contribution in [3.8, 4) is 0 Å². The van der Waals surface area contributed by atoms with Crippen molar-refractivity contribution in [2.75, 3.05) is 7.11 Å². The summed E-state index contributed by atoms with van der Waals surface area (Å²) in [5.41, 5.74) is 0.437. The van der Waals surface area contributed by atoms with Crippen LogP contribution in [0.2, 0.25) is 0 Å². The molecule has 0 saturated carbocycles. The molecule has 0 aliphatic heterocycles. The van der Waals surface area contributed by atoms with Crippen molar-refractivity contribution in [2.45, 2.75) is 40.2 Å². The SMILES string of the molecule is COC(=O)C(CC(C)C)NC(=O)c1c(C)c(C)n[nH]c1=O. The van der Waals surface area contributed by atoms with E-state index in [-0.39, 0.29) is 11.5 Å². The van der Waals surface area contributed by atoms with Crippen LogP contribution in [0, 0.1) is 19.8 Å². The summed E-state index contributed by atoms with van der Waals surface area (Å²) < 4.78 is 4.68. The van der Waals surface area contributed by atoms with Gasteiger partial charge in [0, 0.05) is 0 Å². The monoisotopic (exact) mass is 295 g/mol. The lowest BCUT2D eigenvalue weighted by Gasteiger charge is -2.18. The lowest BCUT2D eigenvalue weighted by molar-refractivity contribution is -0.143. The highest BCUT2D eigenvalue weighted by Crippen LogP contribution is 2.09. The first-order chi connectivity index (χ1) is 9.77. The zero-order valence-electron chi connectivity index (χ0n) is 12.9. The molecule has 1 aromatic heterocycles. The highest BCUT2D eigenvalue weighted by molar-refractivity contribution is 5.97. The summed E-state index contributed by atoms with van der Waals surface area (Å²) in [6, 6.07) is -0.783. The van der Waals surface area contributed by atoms with Gasteiger partial charge in [-0.05, 0) is 31.7 Å². The van der Waals surface area contributed by atoms with E-state index in [0.29, 0.717) is 17.7 Å². The van der Waals surface area contributed by atoms with Gasteiger partial charge in [0.05, 0.1) is 12.8 Å². The molecule has 0 aromatic carbocycles. The lowest BCUT2D eigenvalue weighted by atomic mass is 10.0. The average Bonchev–Trinajstić information content (AvgIpc) is 2.41. The highest BCUT2D eigenvalue weighted by Gasteiger charge is 2.25. The number of rotatable bonds is 5. The van der Waals surface area contributed by atoms with E-state index in [1.807, 2.05) is 13.8 Å². The Balaban J connectivity index is 3.05. The van der Waals surface area contributed by atoms with Gasteiger partial charge in [-0.2, -0.15) is 5.10 Å². The predicted octanol–water partition coefficient (Wildman–Crippen LogP) is 0.704. The van der Waals surface area contributed by atoms with Crippen LogP contribution in [0.3, 0.4) is 0 Å². The Morgan fingerprint density at radius 2 is 1.95 bits per heavy atom. The van der Waals surface area contributed by atoms with Crippen LogP contribution in [0.1, 0.15) is 41.9 Å².